The zero-order valence-electron chi connectivity index (χ0n) is 14.6. The average Bonchev–Trinajstić information content (AvgIpc) is 3.07. The fourth-order valence-electron chi connectivity index (χ4n) is 2.90. The molecule has 0 unspecified atom stereocenters. The lowest BCUT2D eigenvalue weighted by atomic mass is 10.2. The van der Waals surface area contributed by atoms with Crippen LogP contribution in [0.1, 0.15) is 25.3 Å². The molecule has 7 heteroatoms. The van der Waals surface area contributed by atoms with Crippen LogP contribution in [0.25, 0.3) is 0 Å². The number of hydrogen-bond acceptors (Lipinski definition) is 4. The third-order valence-electron chi connectivity index (χ3n) is 4.21. The van der Waals surface area contributed by atoms with E-state index in [2.05, 4.69) is 4.72 Å². The van der Waals surface area contributed by atoms with Gasteiger partial charge < -0.3 is 9.64 Å². The number of nitrogens with one attached hydrogen (secondary N) is 1. The van der Waals surface area contributed by atoms with Crippen LogP contribution in [-0.4, -0.2) is 27.5 Å². The van der Waals surface area contributed by atoms with Crippen LogP contribution in [0.4, 0.5) is 5.69 Å². The maximum atomic E-state index is 12.5. The van der Waals surface area contributed by atoms with Crippen molar-refractivity contribution in [3.63, 3.8) is 0 Å². The lowest BCUT2D eigenvalue weighted by molar-refractivity contribution is -0.117. The molecule has 138 valence electrons. The fraction of sp³-hybridized carbons (Fsp3) is 0.316. The van der Waals surface area contributed by atoms with E-state index in [0.717, 1.165) is 17.7 Å². The molecule has 1 heterocycles. The Morgan fingerprint density at radius 2 is 1.92 bits per heavy atom. The normalized spacial score (nSPS) is 14.7. The quantitative estimate of drug-likeness (QED) is 0.808. The predicted octanol–water partition coefficient (Wildman–Crippen LogP) is 2.69. The Labute approximate surface area is 153 Å². The lowest BCUT2D eigenvalue weighted by Gasteiger charge is -2.16. The van der Waals surface area contributed by atoms with Gasteiger partial charge in [0.2, 0.25) is 15.9 Å². The Morgan fingerprint density at radius 3 is 2.58 bits per heavy atom. The van der Waals surface area contributed by atoms with E-state index in [1.807, 2.05) is 31.2 Å². The van der Waals surface area contributed by atoms with E-state index in [9.17, 15) is 13.2 Å². The van der Waals surface area contributed by atoms with E-state index in [0.29, 0.717) is 25.3 Å². The van der Waals surface area contributed by atoms with Crippen LogP contribution >= 0.6 is 0 Å². The molecule has 26 heavy (non-hydrogen) atoms. The minimum Gasteiger partial charge on any atom is -0.494 e. The van der Waals surface area contributed by atoms with E-state index < -0.39 is 10.0 Å². The molecule has 2 aromatic rings. The molecule has 1 aliphatic heterocycles. The monoisotopic (exact) mass is 374 g/mol. The summed E-state index contributed by atoms with van der Waals surface area (Å²) in [6.07, 6.45) is 1.42. The summed E-state index contributed by atoms with van der Waals surface area (Å²) in [6.45, 7) is 3.27. The standard InChI is InChI=1S/C19H22N2O4S/c1-2-25-17-8-10-18(11-9-17)26(23,24)20-14-15-5-3-6-16(13-15)21-12-4-7-19(21)22/h3,5-6,8-11,13,20H,2,4,7,12,14H2,1H3. The van der Waals surface area contributed by atoms with Crippen LogP contribution in [0.3, 0.4) is 0 Å². The number of carbonyl (C=O) groups is 1. The van der Waals surface area contributed by atoms with Gasteiger partial charge in [-0.1, -0.05) is 12.1 Å². The molecule has 0 spiro atoms. The van der Waals surface area contributed by atoms with Gasteiger partial charge in [-0.15, -0.1) is 0 Å². The van der Waals surface area contributed by atoms with Crippen molar-refractivity contribution >= 4 is 21.6 Å². The Balaban J connectivity index is 1.68. The van der Waals surface area contributed by atoms with Gasteiger partial charge in [0, 0.05) is 25.2 Å². The minimum atomic E-state index is -3.62. The number of benzene rings is 2. The predicted molar refractivity (Wildman–Crippen MR) is 99.7 cm³/mol. The first-order chi connectivity index (χ1) is 12.5. The highest BCUT2D eigenvalue weighted by atomic mass is 32.2. The van der Waals surface area contributed by atoms with Gasteiger partial charge in [0.15, 0.2) is 0 Å². The number of sulfonamides is 1. The van der Waals surface area contributed by atoms with Crippen LogP contribution in [0.2, 0.25) is 0 Å². The molecule has 1 fully saturated rings. The molecule has 0 saturated carbocycles. The maximum Gasteiger partial charge on any atom is 0.240 e. The smallest absolute Gasteiger partial charge is 0.240 e. The fourth-order valence-corrected chi connectivity index (χ4v) is 3.92. The van der Waals surface area contributed by atoms with Crippen molar-refractivity contribution in [3.8, 4) is 5.75 Å². The van der Waals surface area contributed by atoms with Crippen molar-refractivity contribution in [1.29, 1.82) is 0 Å². The summed E-state index contributed by atoms with van der Waals surface area (Å²) in [6, 6.07) is 13.7. The van der Waals surface area contributed by atoms with Crippen LogP contribution in [0, 0.1) is 0 Å². The number of rotatable bonds is 7. The molecule has 0 bridgehead atoms. The number of amides is 1. The van der Waals surface area contributed by atoms with Crippen molar-refractivity contribution in [2.24, 2.45) is 0 Å². The Morgan fingerprint density at radius 1 is 1.15 bits per heavy atom. The summed E-state index contributed by atoms with van der Waals surface area (Å²) in [5.41, 5.74) is 1.61. The Bertz CT molecular complexity index is 879. The summed E-state index contributed by atoms with van der Waals surface area (Å²) >= 11 is 0. The van der Waals surface area contributed by atoms with Gasteiger partial charge >= 0.3 is 0 Å². The summed E-state index contributed by atoms with van der Waals surface area (Å²) in [5, 5.41) is 0. The van der Waals surface area contributed by atoms with E-state index in [1.54, 1.807) is 17.0 Å². The van der Waals surface area contributed by atoms with E-state index >= 15 is 0 Å². The van der Waals surface area contributed by atoms with Gasteiger partial charge in [-0.25, -0.2) is 13.1 Å². The first-order valence-electron chi connectivity index (χ1n) is 8.61. The van der Waals surface area contributed by atoms with Gasteiger partial charge in [0.25, 0.3) is 0 Å². The first kappa shape index (κ1) is 18.4. The zero-order valence-corrected chi connectivity index (χ0v) is 15.5. The Kier molecular flexibility index (Phi) is 5.58. The molecule has 3 rings (SSSR count). The molecule has 1 saturated heterocycles. The van der Waals surface area contributed by atoms with E-state index in [4.69, 9.17) is 4.74 Å². The van der Waals surface area contributed by atoms with Crippen molar-refractivity contribution in [2.45, 2.75) is 31.2 Å². The van der Waals surface area contributed by atoms with Gasteiger partial charge in [-0.3, -0.25) is 4.79 Å². The topological polar surface area (TPSA) is 75.7 Å². The maximum absolute atomic E-state index is 12.5. The highest BCUT2D eigenvalue weighted by Gasteiger charge is 2.22. The second kappa shape index (κ2) is 7.88. The van der Waals surface area contributed by atoms with Crippen LogP contribution in [0.5, 0.6) is 5.75 Å². The largest absolute Gasteiger partial charge is 0.494 e. The van der Waals surface area contributed by atoms with Crippen LogP contribution in [0.15, 0.2) is 53.4 Å². The van der Waals surface area contributed by atoms with Crippen molar-refractivity contribution in [1.82, 2.24) is 4.72 Å². The number of hydrogen-bond donors (Lipinski definition) is 1. The highest BCUT2D eigenvalue weighted by molar-refractivity contribution is 7.89. The second-order valence-corrected chi connectivity index (χ2v) is 7.81. The van der Waals surface area contributed by atoms with E-state index in [1.165, 1.54) is 12.1 Å². The third kappa shape index (κ3) is 4.23. The molecule has 0 atom stereocenters. The highest BCUT2D eigenvalue weighted by Crippen LogP contribution is 2.22. The SMILES string of the molecule is CCOc1ccc(S(=O)(=O)NCc2cccc(N3CCCC3=O)c2)cc1. The second-order valence-electron chi connectivity index (χ2n) is 6.05. The van der Waals surface area contributed by atoms with Gasteiger partial charge in [0.05, 0.1) is 11.5 Å². The van der Waals surface area contributed by atoms with Crippen LogP contribution in [-0.2, 0) is 21.4 Å². The molecular weight excluding hydrogens is 352 g/mol. The number of ether oxygens (including phenoxy) is 1. The Hall–Kier alpha value is -2.38. The number of carbonyl (C=O) groups excluding carboxylic acids is 1. The van der Waals surface area contributed by atoms with E-state index in [-0.39, 0.29) is 17.3 Å². The zero-order chi connectivity index (χ0) is 18.6. The van der Waals surface area contributed by atoms with Crippen molar-refractivity contribution in [3.05, 3.63) is 54.1 Å². The lowest BCUT2D eigenvalue weighted by Crippen LogP contribution is -2.25. The molecule has 0 aliphatic carbocycles. The third-order valence-corrected chi connectivity index (χ3v) is 5.62. The molecule has 6 nitrogen and oxygen atoms in total. The van der Waals surface area contributed by atoms with Crippen LogP contribution < -0.4 is 14.4 Å². The van der Waals surface area contributed by atoms with Gasteiger partial charge in [-0.05, 0) is 55.3 Å². The van der Waals surface area contributed by atoms with Gasteiger partial charge in [0.1, 0.15) is 5.75 Å². The molecule has 2 aromatic carbocycles. The molecular formula is C19H22N2O4S. The number of nitrogens with zero attached hydrogens (tertiary/aromatic N) is 1. The van der Waals surface area contributed by atoms with Gasteiger partial charge in [-0.2, -0.15) is 0 Å². The van der Waals surface area contributed by atoms with Crippen molar-refractivity contribution < 1.29 is 17.9 Å². The molecule has 0 aromatic heterocycles. The molecule has 1 N–H and O–H groups in total. The first-order valence-corrected chi connectivity index (χ1v) is 10.1. The summed E-state index contributed by atoms with van der Waals surface area (Å²) in [5.74, 6) is 0.742. The molecule has 0 radical (unpaired) electrons. The average molecular weight is 374 g/mol. The molecule has 1 amide bonds. The van der Waals surface area contributed by atoms with Crippen molar-refractivity contribution in [2.75, 3.05) is 18.1 Å². The summed E-state index contributed by atoms with van der Waals surface area (Å²) < 4.78 is 32.8. The summed E-state index contributed by atoms with van der Waals surface area (Å²) in [7, 11) is -3.62. The summed E-state index contributed by atoms with van der Waals surface area (Å²) in [4.78, 5) is 13.8. The minimum absolute atomic E-state index is 0.108. The number of anilines is 1. The molecule has 1 aliphatic rings.